The molecule has 0 aromatic heterocycles. The van der Waals surface area contributed by atoms with Gasteiger partial charge in [-0.05, 0) is 64.5 Å². The Morgan fingerprint density at radius 1 is 1.07 bits per heavy atom. The SMILES string of the molecule is CCOC(=O)C1(C)CCC(N=C(C(=CN)C(=O)N(CC(=O)c2c(Cl)cccc2Cl)CC2(C(F)(F)F)CC2)C(F)(F)F)CC1. The van der Waals surface area contributed by atoms with Crippen molar-refractivity contribution in [3.63, 3.8) is 0 Å². The van der Waals surface area contributed by atoms with Gasteiger partial charge in [0.25, 0.3) is 5.91 Å². The average molecular weight is 658 g/mol. The number of carbonyl (C=O) groups excluding carboxylic acids is 3. The molecule has 0 saturated heterocycles. The number of hydrogen-bond donors (Lipinski definition) is 1. The van der Waals surface area contributed by atoms with Gasteiger partial charge in [0, 0.05) is 12.7 Å². The lowest BCUT2D eigenvalue weighted by Gasteiger charge is -2.34. The number of ether oxygens (including phenoxy) is 1. The second kappa shape index (κ2) is 13.1. The Morgan fingerprint density at radius 3 is 2.07 bits per heavy atom. The number of rotatable bonds is 10. The summed E-state index contributed by atoms with van der Waals surface area (Å²) >= 11 is 12.1. The molecule has 0 bridgehead atoms. The molecule has 0 aliphatic heterocycles. The number of halogens is 8. The quantitative estimate of drug-likeness (QED) is 0.0991. The predicted octanol–water partition coefficient (Wildman–Crippen LogP) is 6.71. The lowest BCUT2D eigenvalue weighted by atomic mass is 9.74. The first-order valence-corrected chi connectivity index (χ1v) is 14.2. The van der Waals surface area contributed by atoms with Crippen LogP contribution in [-0.2, 0) is 14.3 Å². The number of alkyl halides is 6. The van der Waals surface area contributed by atoms with E-state index in [2.05, 4.69) is 4.99 Å². The Labute approximate surface area is 254 Å². The van der Waals surface area contributed by atoms with Gasteiger partial charge < -0.3 is 15.4 Å². The zero-order chi connectivity index (χ0) is 32.4. The minimum Gasteiger partial charge on any atom is -0.466 e. The predicted molar refractivity (Wildman–Crippen MR) is 148 cm³/mol. The maximum Gasteiger partial charge on any atom is 0.433 e. The zero-order valence-electron chi connectivity index (χ0n) is 23.4. The fourth-order valence-electron chi connectivity index (χ4n) is 5.04. The van der Waals surface area contributed by atoms with Gasteiger partial charge in [-0.1, -0.05) is 29.3 Å². The second-order valence-corrected chi connectivity index (χ2v) is 11.8. The number of hydrogen-bond acceptors (Lipinski definition) is 6. The van der Waals surface area contributed by atoms with Crippen LogP contribution in [0.15, 0.2) is 35.0 Å². The number of benzene rings is 1. The molecule has 0 unspecified atom stereocenters. The summed E-state index contributed by atoms with van der Waals surface area (Å²) in [5.41, 5.74) is -1.02. The van der Waals surface area contributed by atoms with Crippen molar-refractivity contribution in [1.29, 1.82) is 0 Å². The van der Waals surface area contributed by atoms with Crippen molar-refractivity contribution in [2.24, 2.45) is 21.6 Å². The van der Waals surface area contributed by atoms with Gasteiger partial charge in [-0.25, -0.2) is 0 Å². The number of ketones is 1. The molecule has 0 spiro atoms. The molecule has 15 heteroatoms. The summed E-state index contributed by atoms with van der Waals surface area (Å²) in [6.45, 7) is 1.26. The van der Waals surface area contributed by atoms with Crippen molar-refractivity contribution in [2.45, 2.75) is 70.8 Å². The molecular formula is C28H31Cl2F6N3O4. The topological polar surface area (TPSA) is 102 Å². The average Bonchev–Trinajstić information content (AvgIpc) is 3.70. The van der Waals surface area contributed by atoms with Crippen LogP contribution in [0.4, 0.5) is 26.3 Å². The summed E-state index contributed by atoms with van der Waals surface area (Å²) in [6.07, 6.45) is -10.1. The van der Waals surface area contributed by atoms with E-state index in [1.807, 2.05) is 0 Å². The van der Waals surface area contributed by atoms with Gasteiger partial charge in [-0.2, -0.15) is 26.3 Å². The number of nitrogens with two attached hydrogens (primary N) is 1. The van der Waals surface area contributed by atoms with Gasteiger partial charge in [0.2, 0.25) is 0 Å². The van der Waals surface area contributed by atoms with Gasteiger partial charge in [0.1, 0.15) is 0 Å². The van der Waals surface area contributed by atoms with Gasteiger partial charge >= 0.3 is 18.3 Å². The van der Waals surface area contributed by atoms with E-state index in [4.69, 9.17) is 33.7 Å². The molecule has 2 N–H and O–H groups in total. The van der Waals surface area contributed by atoms with E-state index in [0.717, 1.165) is 0 Å². The molecule has 1 amide bonds. The van der Waals surface area contributed by atoms with Crippen molar-refractivity contribution in [2.75, 3.05) is 19.7 Å². The fourth-order valence-corrected chi connectivity index (χ4v) is 5.65. The number of carbonyl (C=O) groups is 3. The molecule has 2 saturated carbocycles. The van der Waals surface area contributed by atoms with E-state index in [-0.39, 0.29) is 60.7 Å². The smallest absolute Gasteiger partial charge is 0.433 e. The molecule has 2 aliphatic rings. The van der Waals surface area contributed by atoms with Crippen molar-refractivity contribution in [3.05, 3.63) is 45.6 Å². The highest BCUT2D eigenvalue weighted by atomic mass is 35.5. The molecular weight excluding hydrogens is 627 g/mol. The number of amides is 1. The van der Waals surface area contributed by atoms with Gasteiger partial charge in [0.05, 0.1) is 51.2 Å². The first kappa shape index (κ1) is 34.7. The third-order valence-corrected chi connectivity index (χ3v) is 8.50. The third kappa shape index (κ3) is 7.84. The molecule has 238 valence electrons. The van der Waals surface area contributed by atoms with Crippen LogP contribution in [0, 0.1) is 10.8 Å². The number of nitrogens with zero attached hydrogens (tertiary/aromatic N) is 2. The van der Waals surface area contributed by atoms with Crippen molar-refractivity contribution < 1.29 is 45.5 Å². The molecule has 1 aromatic carbocycles. The normalized spacial score (nSPS) is 22.6. The van der Waals surface area contributed by atoms with Crippen LogP contribution in [0.2, 0.25) is 10.0 Å². The standard InChI is InChI=1S/C28H31Cl2F6N3O4/c1-3-43-24(42)25(2)9-7-16(8-10-25)38-22(27(31,32)33)17(13-37)23(41)39(15-26(11-12-26)28(34,35)36)14-20(40)21-18(29)5-4-6-19(21)30/h4-6,13,16H,3,7-12,14-15,37H2,1-2H3. The third-order valence-electron chi connectivity index (χ3n) is 7.87. The first-order valence-electron chi connectivity index (χ1n) is 13.5. The lowest BCUT2D eigenvalue weighted by Crippen LogP contribution is -2.47. The van der Waals surface area contributed by atoms with E-state index in [1.54, 1.807) is 13.8 Å². The van der Waals surface area contributed by atoms with E-state index in [0.29, 0.717) is 11.1 Å². The minimum atomic E-state index is -5.23. The first-order chi connectivity index (χ1) is 19.9. The highest BCUT2D eigenvalue weighted by Crippen LogP contribution is 2.58. The number of esters is 1. The molecule has 2 fully saturated rings. The largest absolute Gasteiger partial charge is 0.466 e. The summed E-state index contributed by atoms with van der Waals surface area (Å²) < 4.78 is 89.7. The minimum absolute atomic E-state index is 0.0470. The maximum absolute atomic E-state index is 14.3. The summed E-state index contributed by atoms with van der Waals surface area (Å²) in [5.74, 6) is -3.02. The molecule has 1 aromatic rings. The van der Waals surface area contributed by atoms with E-state index in [1.165, 1.54) is 18.2 Å². The second-order valence-electron chi connectivity index (χ2n) is 11.0. The van der Waals surface area contributed by atoms with E-state index >= 15 is 0 Å². The number of Topliss-reactive ketones (excluding diaryl/α,β-unsaturated/α-hetero) is 1. The van der Waals surface area contributed by atoms with Gasteiger partial charge in [-0.15, -0.1) is 0 Å². The fraction of sp³-hybridized carbons (Fsp3) is 0.571. The Morgan fingerprint density at radius 2 is 1.63 bits per heavy atom. The van der Waals surface area contributed by atoms with E-state index in [9.17, 15) is 40.7 Å². The Balaban J connectivity index is 1.96. The molecule has 0 heterocycles. The monoisotopic (exact) mass is 657 g/mol. The summed E-state index contributed by atoms with van der Waals surface area (Å²) in [6, 6.07) is 3.03. The summed E-state index contributed by atoms with van der Waals surface area (Å²) in [7, 11) is 0. The van der Waals surface area contributed by atoms with Crippen LogP contribution in [0.5, 0.6) is 0 Å². The molecule has 43 heavy (non-hydrogen) atoms. The zero-order valence-corrected chi connectivity index (χ0v) is 24.9. The highest BCUT2D eigenvalue weighted by molar-refractivity contribution is 6.40. The van der Waals surface area contributed by atoms with Crippen molar-refractivity contribution in [3.8, 4) is 0 Å². The van der Waals surface area contributed by atoms with E-state index < -0.39 is 71.3 Å². The summed E-state index contributed by atoms with van der Waals surface area (Å²) in [5, 5.41) is -0.304. The van der Waals surface area contributed by atoms with Gasteiger partial charge in [-0.3, -0.25) is 19.4 Å². The number of aliphatic imine (C=N–C) groups is 1. The van der Waals surface area contributed by atoms with Crippen LogP contribution in [0.25, 0.3) is 0 Å². The molecule has 2 aliphatic carbocycles. The van der Waals surface area contributed by atoms with Crippen molar-refractivity contribution in [1.82, 2.24) is 4.90 Å². The molecule has 7 nitrogen and oxygen atoms in total. The Kier molecular flexibility index (Phi) is 10.5. The molecule has 0 atom stereocenters. The Bertz CT molecular complexity index is 1280. The highest BCUT2D eigenvalue weighted by Gasteiger charge is 2.64. The molecule has 3 rings (SSSR count). The van der Waals surface area contributed by atoms with Crippen LogP contribution >= 0.6 is 23.2 Å². The molecule has 0 radical (unpaired) electrons. The maximum atomic E-state index is 14.3. The lowest BCUT2D eigenvalue weighted by molar-refractivity contribution is -0.192. The Hall–Kier alpha value is -2.80. The van der Waals surface area contributed by atoms with Crippen LogP contribution in [-0.4, -0.2) is 66.4 Å². The summed E-state index contributed by atoms with van der Waals surface area (Å²) in [4.78, 5) is 43.2. The van der Waals surface area contributed by atoms with Crippen LogP contribution < -0.4 is 5.73 Å². The van der Waals surface area contributed by atoms with Crippen LogP contribution in [0.1, 0.15) is 62.7 Å². The van der Waals surface area contributed by atoms with Gasteiger partial charge in [0.15, 0.2) is 11.5 Å². The van der Waals surface area contributed by atoms with Crippen LogP contribution in [0.3, 0.4) is 0 Å². The van der Waals surface area contributed by atoms with Crippen molar-refractivity contribution >= 4 is 46.6 Å².